The SMILES string of the molecule is C=CCn1c(SCC(=O)Nc2c(C#N)c(C)c(C)n2CC2CCCO2)nnc1C1CCCCC1. The first-order chi connectivity index (χ1) is 16.5. The first-order valence-corrected chi connectivity index (χ1v) is 13.2. The highest BCUT2D eigenvalue weighted by molar-refractivity contribution is 7.99. The van der Waals surface area contributed by atoms with E-state index in [1.54, 1.807) is 0 Å². The van der Waals surface area contributed by atoms with Crippen molar-refractivity contribution in [3.63, 3.8) is 0 Å². The highest BCUT2D eigenvalue weighted by Crippen LogP contribution is 2.33. The van der Waals surface area contributed by atoms with Crippen LogP contribution in [-0.2, 0) is 22.6 Å². The van der Waals surface area contributed by atoms with Crippen molar-refractivity contribution in [1.29, 1.82) is 5.26 Å². The Kier molecular flexibility index (Phi) is 8.11. The Hall–Kier alpha value is -2.57. The molecule has 9 heteroatoms. The van der Waals surface area contributed by atoms with Gasteiger partial charge < -0.3 is 19.2 Å². The van der Waals surface area contributed by atoms with E-state index in [1.165, 1.54) is 31.0 Å². The number of ether oxygens (including phenoxy) is 1. The summed E-state index contributed by atoms with van der Waals surface area (Å²) in [7, 11) is 0. The largest absolute Gasteiger partial charge is 0.376 e. The molecule has 2 aromatic rings. The van der Waals surface area contributed by atoms with Crippen molar-refractivity contribution in [1.82, 2.24) is 19.3 Å². The number of anilines is 1. The maximum absolute atomic E-state index is 13.0. The molecule has 1 aliphatic heterocycles. The van der Waals surface area contributed by atoms with Crippen LogP contribution >= 0.6 is 11.8 Å². The lowest BCUT2D eigenvalue weighted by molar-refractivity contribution is -0.113. The van der Waals surface area contributed by atoms with Gasteiger partial charge in [-0.05, 0) is 45.1 Å². The molecule has 34 heavy (non-hydrogen) atoms. The number of nitriles is 1. The number of hydrogen-bond donors (Lipinski definition) is 1. The number of hydrogen-bond acceptors (Lipinski definition) is 6. The Bertz CT molecular complexity index is 1070. The fourth-order valence-corrected chi connectivity index (χ4v) is 5.77. The summed E-state index contributed by atoms with van der Waals surface area (Å²) in [5.74, 6) is 2.02. The molecule has 1 aliphatic carbocycles. The van der Waals surface area contributed by atoms with Crippen LogP contribution in [0.1, 0.15) is 73.5 Å². The number of amides is 1. The van der Waals surface area contributed by atoms with Crippen LogP contribution in [0.3, 0.4) is 0 Å². The van der Waals surface area contributed by atoms with Gasteiger partial charge in [0.1, 0.15) is 17.7 Å². The van der Waals surface area contributed by atoms with Crippen molar-refractivity contribution in [3.8, 4) is 6.07 Å². The van der Waals surface area contributed by atoms with Crippen molar-refractivity contribution in [2.24, 2.45) is 0 Å². The normalized spacial score (nSPS) is 18.7. The smallest absolute Gasteiger partial charge is 0.235 e. The second kappa shape index (κ2) is 11.2. The molecule has 2 aliphatic rings. The molecule has 1 amide bonds. The van der Waals surface area contributed by atoms with Gasteiger partial charge in [0.2, 0.25) is 5.91 Å². The third-order valence-electron chi connectivity index (χ3n) is 6.97. The average Bonchev–Trinajstić information content (AvgIpc) is 3.55. The number of allylic oxidation sites excluding steroid dienone is 1. The Morgan fingerprint density at radius 2 is 2.03 bits per heavy atom. The summed E-state index contributed by atoms with van der Waals surface area (Å²) < 4.78 is 9.92. The molecule has 0 bridgehead atoms. The monoisotopic (exact) mass is 482 g/mol. The third kappa shape index (κ3) is 5.23. The first kappa shape index (κ1) is 24.6. The number of thioether (sulfide) groups is 1. The zero-order valence-corrected chi connectivity index (χ0v) is 21.0. The second-order valence-electron chi connectivity index (χ2n) is 9.20. The van der Waals surface area contributed by atoms with E-state index in [-0.39, 0.29) is 17.8 Å². The van der Waals surface area contributed by atoms with Gasteiger partial charge in [-0.2, -0.15) is 5.26 Å². The van der Waals surface area contributed by atoms with Gasteiger partial charge in [-0.15, -0.1) is 16.8 Å². The molecule has 0 spiro atoms. The van der Waals surface area contributed by atoms with Crippen LogP contribution in [0, 0.1) is 25.2 Å². The van der Waals surface area contributed by atoms with E-state index in [4.69, 9.17) is 4.74 Å². The molecule has 2 fully saturated rings. The van der Waals surface area contributed by atoms with E-state index in [0.29, 0.717) is 30.4 Å². The fourth-order valence-electron chi connectivity index (χ4n) is 5.02. The van der Waals surface area contributed by atoms with Gasteiger partial charge in [-0.3, -0.25) is 4.79 Å². The van der Waals surface area contributed by atoms with Crippen molar-refractivity contribution in [2.45, 2.75) is 89.1 Å². The molecule has 0 aromatic carbocycles. The molecule has 1 unspecified atom stereocenters. The Morgan fingerprint density at radius 1 is 1.24 bits per heavy atom. The van der Waals surface area contributed by atoms with Crippen LogP contribution in [0.15, 0.2) is 17.8 Å². The van der Waals surface area contributed by atoms with E-state index in [2.05, 4.69) is 32.7 Å². The molecule has 4 rings (SSSR count). The molecule has 8 nitrogen and oxygen atoms in total. The summed E-state index contributed by atoms with van der Waals surface area (Å²) in [6.07, 6.45) is 10.00. The highest BCUT2D eigenvalue weighted by atomic mass is 32.2. The molecule has 1 atom stereocenters. The minimum absolute atomic E-state index is 0.109. The van der Waals surface area contributed by atoms with Gasteiger partial charge in [0.15, 0.2) is 5.16 Å². The molecule has 1 saturated heterocycles. The van der Waals surface area contributed by atoms with Gasteiger partial charge >= 0.3 is 0 Å². The van der Waals surface area contributed by atoms with Crippen molar-refractivity contribution in [3.05, 3.63) is 35.3 Å². The van der Waals surface area contributed by atoms with E-state index in [0.717, 1.165) is 54.5 Å². The van der Waals surface area contributed by atoms with Crippen LogP contribution in [-0.4, -0.2) is 43.7 Å². The highest BCUT2D eigenvalue weighted by Gasteiger charge is 2.25. The van der Waals surface area contributed by atoms with Crippen LogP contribution in [0.2, 0.25) is 0 Å². The standard InChI is InChI=1S/C25H34N6O2S/c1-4-12-30-23(19-9-6-5-7-10-19)28-29-25(30)34-16-22(32)27-24-21(14-26)17(2)18(3)31(24)15-20-11-8-13-33-20/h4,19-20H,1,5-13,15-16H2,2-3H3,(H,27,32). The lowest BCUT2D eigenvalue weighted by Gasteiger charge is -2.21. The molecule has 182 valence electrons. The zero-order valence-electron chi connectivity index (χ0n) is 20.2. The molecule has 0 radical (unpaired) electrons. The lowest BCUT2D eigenvalue weighted by Crippen LogP contribution is -2.22. The molecule has 3 heterocycles. The van der Waals surface area contributed by atoms with Gasteiger partial charge in [0, 0.05) is 24.8 Å². The number of carbonyl (C=O) groups is 1. The first-order valence-electron chi connectivity index (χ1n) is 12.2. The number of nitrogens with one attached hydrogen (secondary N) is 1. The zero-order chi connectivity index (χ0) is 24.1. The number of nitrogens with zero attached hydrogens (tertiary/aromatic N) is 5. The topological polar surface area (TPSA) is 97.8 Å². The van der Waals surface area contributed by atoms with Crippen molar-refractivity contribution < 1.29 is 9.53 Å². The molecule has 1 saturated carbocycles. The second-order valence-corrected chi connectivity index (χ2v) is 10.1. The van der Waals surface area contributed by atoms with Crippen LogP contribution < -0.4 is 5.32 Å². The van der Waals surface area contributed by atoms with E-state index < -0.39 is 0 Å². The summed E-state index contributed by atoms with van der Waals surface area (Å²) >= 11 is 1.38. The quantitative estimate of drug-likeness (QED) is 0.411. The predicted octanol–water partition coefficient (Wildman–Crippen LogP) is 4.71. The number of carbonyl (C=O) groups excluding carboxylic acids is 1. The Balaban J connectivity index is 1.47. The minimum Gasteiger partial charge on any atom is -0.376 e. The molecular weight excluding hydrogens is 448 g/mol. The van der Waals surface area contributed by atoms with Crippen molar-refractivity contribution in [2.75, 3.05) is 17.7 Å². The average molecular weight is 483 g/mol. The van der Waals surface area contributed by atoms with Crippen LogP contribution in [0.25, 0.3) is 0 Å². The Morgan fingerprint density at radius 3 is 2.71 bits per heavy atom. The van der Waals surface area contributed by atoms with Gasteiger partial charge in [-0.25, -0.2) is 0 Å². The number of aromatic nitrogens is 4. The molecular formula is C25H34N6O2S. The Labute approximate surface area is 205 Å². The summed E-state index contributed by atoms with van der Waals surface area (Å²) in [6, 6.07) is 2.27. The van der Waals surface area contributed by atoms with Crippen LogP contribution in [0.5, 0.6) is 0 Å². The van der Waals surface area contributed by atoms with E-state index in [1.807, 2.05) is 24.5 Å². The third-order valence-corrected chi connectivity index (χ3v) is 7.94. The maximum Gasteiger partial charge on any atom is 0.235 e. The van der Waals surface area contributed by atoms with Crippen LogP contribution in [0.4, 0.5) is 5.82 Å². The minimum atomic E-state index is -0.167. The fraction of sp³-hybridized carbons (Fsp3) is 0.600. The van der Waals surface area contributed by atoms with E-state index in [9.17, 15) is 10.1 Å². The predicted molar refractivity (Wildman–Crippen MR) is 133 cm³/mol. The lowest BCUT2D eigenvalue weighted by atomic mass is 9.89. The van der Waals surface area contributed by atoms with Gasteiger partial charge in [-0.1, -0.05) is 37.1 Å². The number of rotatable bonds is 9. The summed E-state index contributed by atoms with van der Waals surface area (Å²) in [5, 5.41) is 22.4. The summed E-state index contributed by atoms with van der Waals surface area (Å²) in [5.41, 5.74) is 2.40. The molecule has 1 N–H and O–H groups in total. The maximum atomic E-state index is 13.0. The molecule has 2 aromatic heterocycles. The van der Waals surface area contributed by atoms with Gasteiger partial charge in [0.05, 0.1) is 24.0 Å². The van der Waals surface area contributed by atoms with Crippen molar-refractivity contribution >= 4 is 23.5 Å². The van der Waals surface area contributed by atoms with E-state index >= 15 is 0 Å². The summed E-state index contributed by atoms with van der Waals surface area (Å²) in [6.45, 7) is 9.83. The summed E-state index contributed by atoms with van der Waals surface area (Å²) in [4.78, 5) is 13.0. The van der Waals surface area contributed by atoms with Gasteiger partial charge in [0.25, 0.3) is 0 Å².